The molecule has 0 aliphatic carbocycles. The highest BCUT2D eigenvalue weighted by Gasteiger charge is 2.08. The van der Waals surface area contributed by atoms with E-state index in [9.17, 15) is 9.90 Å². The first-order valence-electron chi connectivity index (χ1n) is 6.41. The van der Waals surface area contributed by atoms with Crippen molar-refractivity contribution in [1.29, 1.82) is 0 Å². The Hall–Kier alpha value is -0.770. The molecule has 0 aliphatic rings. The Balaban J connectivity index is 2.33. The van der Waals surface area contributed by atoms with E-state index in [4.69, 9.17) is 23.2 Å². The van der Waals surface area contributed by atoms with Gasteiger partial charge in [0.25, 0.3) is 0 Å². The van der Waals surface area contributed by atoms with Crippen LogP contribution in [-0.2, 0) is 11.2 Å². The van der Waals surface area contributed by atoms with Gasteiger partial charge in [-0.1, -0.05) is 42.6 Å². The molecule has 0 radical (unpaired) electrons. The van der Waals surface area contributed by atoms with Crippen molar-refractivity contribution in [1.82, 2.24) is 5.32 Å². The summed E-state index contributed by atoms with van der Waals surface area (Å²) in [4.78, 5) is 11.6. The zero-order chi connectivity index (χ0) is 14.3. The third kappa shape index (κ3) is 6.28. The van der Waals surface area contributed by atoms with Gasteiger partial charge >= 0.3 is 0 Å². The van der Waals surface area contributed by atoms with Gasteiger partial charge in [0.1, 0.15) is 0 Å². The van der Waals surface area contributed by atoms with Crippen molar-refractivity contribution < 1.29 is 9.90 Å². The minimum Gasteiger partial charge on any atom is -0.391 e. The standard InChI is InChI=1S/C14H19Cl2NO2/c1-2-3-12(18)9-17-14(19)7-5-10-4-6-11(15)8-13(10)16/h4,6,8,12,18H,2-3,5,7,9H2,1H3,(H,17,19). The number of nitrogens with one attached hydrogen (secondary N) is 1. The highest BCUT2D eigenvalue weighted by molar-refractivity contribution is 6.35. The summed E-state index contributed by atoms with van der Waals surface area (Å²) in [5.41, 5.74) is 0.898. The van der Waals surface area contributed by atoms with Gasteiger partial charge in [-0.15, -0.1) is 0 Å². The molecule has 1 unspecified atom stereocenters. The number of rotatable bonds is 7. The Kier molecular flexibility index (Phi) is 7.21. The van der Waals surface area contributed by atoms with Crippen LogP contribution < -0.4 is 5.32 Å². The predicted molar refractivity (Wildman–Crippen MR) is 78.7 cm³/mol. The summed E-state index contributed by atoms with van der Waals surface area (Å²) in [6.07, 6.45) is 2.04. The van der Waals surface area contributed by atoms with Gasteiger partial charge in [0.05, 0.1) is 6.10 Å². The molecule has 19 heavy (non-hydrogen) atoms. The number of hydrogen-bond donors (Lipinski definition) is 2. The topological polar surface area (TPSA) is 49.3 Å². The molecule has 0 spiro atoms. The number of carbonyl (C=O) groups is 1. The number of aliphatic hydroxyl groups is 1. The molecular weight excluding hydrogens is 285 g/mol. The van der Waals surface area contributed by atoms with E-state index in [1.165, 1.54) is 0 Å². The predicted octanol–water partition coefficient (Wildman–Crippen LogP) is 3.20. The van der Waals surface area contributed by atoms with E-state index in [-0.39, 0.29) is 5.91 Å². The molecule has 1 aromatic rings. The summed E-state index contributed by atoms with van der Waals surface area (Å²) in [5, 5.41) is 13.4. The van der Waals surface area contributed by atoms with Gasteiger partial charge in [0.2, 0.25) is 5.91 Å². The van der Waals surface area contributed by atoms with E-state index >= 15 is 0 Å². The van der Waals surface area contributed by atoms with Gasteiger partial charge in [0, 0.05) is 23.0 Å². The SMILES string of the molecule is CCCC(O)CNC(=O)CCc1ccc(Cl)cc1Cl. The lowest BCUT2D eigenvalue weighted by Crippen LogP contribution is -2.32. The van der Waals surface area contributed by atoms with Crippen LogP contribution in [0.3, 0.4) is 0 Å². The van der Waals surface area contributed by atoms with Gasteiger partial charge < -0.3 is 10.4 Å². The van der Waals surface area contributed by atoms with Crippen LogP contribution in [0.2, 0.25) is 10.0 Å². The molecule has 1 atom stereocenters. The first-order valence-corrected chi connectivity index (χ1v) is 7.17. The Bertz CT molecular complexity index is 424. The van der Waals surface area contributed by atoms with E-state index in [1.807, 2.05) is 13.0 Å². The van der Waals surface area contributed by atoms with Crippen LogP contribution in [0.25, 0.3) is 0 Å². The lowest BCUT2D eigenvalue weighted by molar-refractivity contribution is -0.121. The van der Waals surface area contributed by atoms with Gasteiger partial charge in [-0.3, -0.25) is 4.79 Å². The van der Waals surface area contributed by atoms with Gasteiger partial charge in [-0.05, 0) is 30.5 Å². The smallest absolute Gasteiger partial charge is 0.220 e. The van der Waals surface area contributed by atoms with E-state index in [0.717, 1.165) is 12.0 Å². The van der Waals surface area contributed by atoms with E-state index in [1.54, 1.807) is 12.1 Å². The molecule has 5 heteroatoms. The maximum Gasteiger partial charge on any atom is 0.220 e. The van der Waals surface area contributed by atoms with Crippen LogP contribution in [0.1, 0.15) is 31.7 Å². The summed E-state index contributed by atoms with van der Waals surface area (Å²) >= 11 is 11.8. The summed E-state index contributed by atoms with van der Waals surface area (Å²) in [5.74, 6) is -0.0823. The molecular formula is C14H19Cl2NO2. The van der Waals surface area contributed by atoms with Crippen LogP contribution in [-0.4, -0.2) is 23.7 Å². The normalized spacial score (nSPS) is 12.2. The molecule has 106 valence electrons. The monoisotopic (exact) mass is 303 g/mol. The summed E-state index contributed by atoms with van der Waals surface area (Å²) in [6, 6.07) is 5.25. The molecule has 0 aromatic heterocycles. The minimum atomic E-state index is -0.465. The molecule has 1 amide bonds. The molecule has 1 rings (SSSR count). The number of halogens is 2. The number of aryl methyl sites for hydroxylation is 1. The maximum absolute atomic E-state index is 11.6. The second kappa shape index (κ2) is 8.41. The van der Waals surface area contributed by atoms with E-state index < -0.39 is 6.10 Å². The number of amides is 1. The fraction of sp³-hybridized carbons (Fsp3) is 0.500. The Morgan fingerprint density at radius 1 is 1.42 bits per heavy atom. The van der Waals surface area contributed by atoms with Crippen molar-refractivity contribution >= 4 is 29.1 Å². The Morgan fingerprint density at radius 2 is 2.16 bits per heavy atom. The number of aliphatic hydroxyl groups excluding tert-OH is 1. The molecule has 2 N–H and O–H groups in total. The zero-order valence-electron chi connectivity index (χ0n) is 11.0. The molecule has 1 aromatic carbocycles. The highest BCUT2D eigenvalue weighted by Crippen LogP contribution is 2.21. The first kappa shape index (κ1) is 16.3. The lowest BCUT2D eigenvalue weighted by Gasteiger charge is -2.11. The largest absolute Gasteiger partial charge is 0.391 e. The summed E-state index contributed by atoms with van der Waals surface area (Å²) in [7, 11) is 0. The van der Waals surface area contributed by atoms with Crippen molar-refractivity contribution in [2.24, 2.45) is 0 Å². The lowest BCUT2D eigenvalue weighted by atomic mass is 10.1. The van der Waals surface area contributed by atoms with Crippen LogP contribution in [0.5, 0.6) is 0 Å². The summed E-state index contributed by atoms with van der Waals surface area (Å²) < 4.78 is 0. The molecule has 0 bridgehead atoms. The van der Waals surface area contributed by atoms with Gasteiger partial charge in [-0.25, -0.2) is 0 Å². The highest BCUT2D eigenvalue weighted by atomic mass is 35.5. The fourth-order valence-electron chi connectivity index (χ4n) is 1.73. The van der Waals surface area contributed by atoms with Crippen LogP contribution >= 0.6 is 23.2 Å². The van der Waals surface area contributed by atoms with E-state index in [0.29, 0.717) is 35.9 Å². The van der Waals surface area contributed by atoms with Crippen LogP contribution in [0.15, 0.2) is 18.2 Å². The van der Waals surface area contributed by atoms with Crippen molar-refractivity contribution in [3.05, 3.63) is 33.8 Å². The second-order valence-corrected chi connectivity index (χ2v) is 5.33. The van der Waals surface area contributed by atoms with E-state index in [2.05, 4.69) is 5.32 Å². The van der Waals surface area contributed by atoms with Crippen molar-refractivity contribution in [3.8, 4) is 0 Å². The summed E-state index contributed by atoms with van der Waals surface area (Å²) in [6.45, 7) is 2.30. The quantitative estimate of drug-likeness (QED) is 0.812. The minimum absolute atomic E-state index is 0.0823. The maximum atomic E-state index is 11.6. The van der Waals surface area contributed by atoms with Gasteiger partial charge in [-0.2, -0.15) is 0 Å². The first-order chi connectivity index (χ1) is 9.02. The molecule has 3 nitrogen and oxygen atoms in total. The number of carbonyl (C=O) groups excluding carboxylic acids is 1. The molecule has 0 heterocycles. The Labute approximate surface area is 123 Å². The molecule has 0 aliphatic heterocycles. The second-order valence-electron chi connectivity index (χ2n) is 4.48. The van der Waals surface area contributed by atoms with Gasteiger partial charge in [0.15, 0.2) is 0 Å². The molecule has 0 saturated carbocycles. The number of benzene rings is 1. The van der Waals surface area contributed by atoms with Crippen LogP contribution in [0.4, 0.5) is 0 Å². The zero-order valence-corrected chi connectivity index (χ0v) is 12.5. The van der Waals surface area contributed by atoms with Crippen molar-refractivity contribution in [2.45, 2.75) is 38.7 Å². The van der Waals surface area contributed by atoms with Crippen molar-refractivity contribution in [2.75, 3.05) is 6.54 Å². The van der Waals surface area contributed by atoms with Crippen LogP contribution in [0, 0.1) is 0 Å². The average Bonchev–Trinajstić information content (AvgIpc) is 2.35. The van der Waals surface area contributed by atoms with Crippen molar-refractivity contribution in [3.63, 3.8) is 0 Å². The Morgan fingerprint density at radius 3 is 2.79 bits per heavy atom. The fourth-order valence-corrected chi connectivity index (χ4v) is 2.23. The average molecular weight is 304 g/mol. The third-order valence-corrected chi connectivity index (χ3v) is 3.38. The number of hydrogen-bond acceptors (Lipinski definition) is 2. The molecule has 0 fully saturated rings. The third-order valence-electron chi connectivity index (χ3n) is 2.79. The molecule has 0 saturated heterocycles.